The lowest BCUT2D eigenvalue weighted by molar-refractivity contribution is -0.137. The summed E-state index contributed by atoms with van der Waals surface area (Å²) in [4.78, 5) is 22.6. The summed E-state index contributed by atoms with van der Waals surface area (Å²) >= 11 is 1.50. The molecule has 1 atom stereocenters. The smallest absolute Gasteiger partial charge is 0.329 e. The van der Waals surface area contributed by atoms with Gasteiger partial charge in [-0.15, -0.1) is 22.2 Å². The number of rotatable bonds is 8. The zero-order chi connectivity index (χ0) is 23.9. The Morgan fingerprint density at radius 1 is 1.29 bits per heavy atom. The van der Waals surface area contributed by atoms with Crippen molar-refractivity contribution in [2.24, 2.45) is 0 Å². The van der Waals surface area contributed by atoms with Gasteiger partial charge in [-0.2, -0.15) is 0 Å². The van der Waals surface area contributed by atoms with Gasteiger partial charge >= 0.3 is 11.1 Å². The first-order valence-corrected chi connectivity index (χ1v) is 11.9. The fraction of sp³-hybridized carbons (Fsp3) is 0.296. The van der Waals surface area contributed by atoms with E-state index in [2.05, 4.69) is 50.8 Å². The molecule has 6 nitrogen and oxygen atoms in total. The van der Waals surface area contributed by atoms with Gasteiger partial charge in [0.05, 0.1) is 17.2 Å². The number of aromatic nitrogens is 1. The van der Waals surface area contributed by atoms with Crippen LogP contribution in [-0.2, 0) is 30.9 Å². The number of ether oxygens (including phenoxy) is 1. The van der Waals surface area contributed by atoms with Crippen molar-refractivity contribution in [3.05, 3.63) is 87.2 Å². The lowest BCUT2D eigenvalue weighted by Crippen LogP contribution is -2.29. The number of carbonyl (C=O) groups is 1. The molecule has 172 valence electrons. The van der Waals surface area contributed by atoms with Crippen LogP contribution in [-0.4, -0.2) is 27.5 Å². The highest BCUT2D eigenvalue weighted by atomic mass is 32.1. The standard InChI is InChI=1S/C27H25N3O3S/c1-3-5-22(15-26(31)32)21-8-10-23(11-9-21)33-18-20-7-4-6-19(14-20)16-30-13-12-24-25(17-30)34-27(28-2)29-24/h4,6-11,14,22H,12-13,15-18H2,1H3,(H,31,32)/t22-/m0/s1. The van der Waals surface area contributed by atoms with Crippen LogP contribution in [0.5, 0.6) is 5.75 Å². The number of thiazole rings is 1. The summed E-state index contributed by atoms with van der Waals surface area (Å²) in [6.45, 7) is 12.0. The lowest BCUT2D eigenvalue weighted by Gasteiger charge is -2.25. The third kappa shape index (κ3) is 6.02. The molecule has 0 fully saturated rings. The maximum absolute atomic E-state index is 11.1. The van der Waals surface area contributed by atoms with Crippen LogP contribution in [0.3, 0.4) is 0 Å². The van der Waals surface area contributed by atoms with Crippen LogP contribution in [0.4, 0.5) is 5.13 Å². The summed E-state index contributed by atoms with van der Waals surface area (Å²) in [6.07, 6.45) is 0.868. The molecule has 2 heterocycles. The van der Waals surface area contributed by atoms with E-state index in [0.29, 0.717) is 11.7 Å². The molecular weight excluding hydrogens is 446 g/mol. The Labute approximate surface area is 203 Å². The van der Waals surface area contributed by atoms with Crippen molar-refractivity contribution in [2.45, 2.75) is 45.4 Å². The van der Waals surface area contributed by atoms with Gasteiger partial charge in [-0.25, -0.2) is 0 Å². The van der Waals surface area contributed by atoms with Gasteiger partial charge in [0.1, 0.15) is 18.1 Å². The summed E-state index contributed by atoms with van der Waals surface area (Å²) < 4.78 is 5.97. The normalized spacial score (nSPS) is 13.8. The van der Waals surface area contributed by atoms with E-state index in [-0.39, 0.29) is 12.3 Å². The van der Waals surface area contributed by atoms with Crippen LogP contribution in [0.25, 0.3) is 4.85 Å². The van der Waals surface area contributed by atoms with Gasteiger partial charge in [0.15, 0.2) is 0 Å². The van der Waals surface area contributed by atoms with Gasteiger partial charge in [-0.05, 0) is 35.7 Å². The first-order chi connectivity index (χ1) is 16.5. The van der Waals surface area contributed by atoms with E-state index in [0.717, 1.165) is 48.6 Å². The number of benzene rings is 2. The van der Waals surface area contributed by atoms with Crippen molar-refractivity contribution in [2.75, 3.05) is 6.54 Å². The Morgan fingerprint density at radius 2 is 2.09 bits per heavy atom. The number of carboxylic acid groups (broad SMARTS) is 1. The van der Waals surface area contributed by atoms with E-state index in [9.17, 15) is 4.79 Å². The van der Waals surface area contributed by atoms with Crippen LogP contribution in [0.2, 0.25) is 0 Å². The SMILES string of the molecule is [C-]#[N+]c1nc2c(s1)CN(Cc1cccc(COc3ccc([C@@H](C#CC)CC(=O)O)cc3)c1)CC2. The fourth-order valence-electron chi connectivity index (χ4n) is 4.06. The van der Waals surface area contributed by atoms with Crippen molar-refractivity contribution in [3.63, 3.8) is 0 Å². The average Bonchev–Trinajstić information content (AvgIpc) is 3.25. The lowest BCUT2D eigenvalue weighted by atomic mass is 9.96. The second-order valence-corrected chi connectivity index (χ2v) is 9.22. The molecule has 0 saturated heterocycles. The molecule has 1 aromatic heterocycles. The molecular formula is C27H25N3O3S. The number of carboxylic acids is 1. The summed E-state index contributed by atoms with van der Waals surface area (Å²) in [6, 6.07) is 15.9. The number of hydrogen-bond acceptors (Lipinski definition) is 5. The van der Waals surface area contributed by atoms with Gasteiger partial charge in [0.2, 0.25) is 0 Å². The quantitative estimate of drug-likeness (QED) is 0.351. The molecule has 34 heavy (non-hydrogen) atoms. The van der Waals surface area contributed by atoms with Crippen LogP contribution in [0.1, 0.15) is 46.5 Å². The highest BCUT2D eigenvalue weighted by Crippen LogP contribution is 2.30. The van der Waals surface area contributed by atoms with Crippen LogP contribution >= 0.6 is 11.3 Å². The summed E-state index contributed by atoms with van der Waals surface area (Å²) in [5.41, 5.74) is 4.27. The minimum Gasteiger partial charge on any atom is -0.489 e. The topological polar surface area (TPSA) is 67.0 Å². The molecule has 1 aliphatic heterocycles. The van der Waals surface area contributed by atoms with Crippen LogP contribution in [0, 0.1) is 18.4 Å². The van der Waals surface area contributed by atoms with Crippen LogP contribution in [0.15, 0.2) is 48.5 Å². The summed E-state index contributed by atoms with van der Waals surface area (Å²) in [5.74, 6) is 5.33. The molecule has 0 radical (unpaired) electrons. The molecule has 1 N–H and O–H groups in total. The van der Waals surface area contributed by atoms with Gasteiger partial charge in [-0.1, -0.05) is 48.9 Å². The Kier molecular flexibility index (Phi) is 7.59. The second kappa shape index (κ2) is 11.0. The average molecular weight is 472 g/mol. The predicted molar refractivity (Wildman–Crippen MR) is 132 cm³/mol. The molecule has 4 rings (SSSR count). The van der Waals surface area contributed by atoms with E-state index >= 15 is 0 Å². The third-order valence-corrected chi connectivity index (χ3v) is 6.65. The van der Waals surface area contributed by atoms with E-state index in [1.54, 1.807) is 6.92 Å². The van der Waals surface area contributed by atoms with E-state index in [1.807, 2.05) is 24.3 Å². The van der Waals surface area contributed by atoms with Crippen molar-refractivity contribution in [3.8, 4) is 17.6 Å². The Bertz CT molecular complexity index is 1260. The first-order valence-electron chi connectivity index (χ1n) is 11.1. The minimum atomic E-state index is -0.863. The Balaban J connectivity index is 1.34. The molecule has 0 aliphatic carbocycles. The molecule has 1 aliphatic rings. The van der Waals surface area contributed by atoms with Crippen molar-refractivity contribution >= 4 is 22.4 Å². The number of hydrogen-bond donors (Lipinski definition) is 1. The van der Waals surface area contributed by atoms with Gasteiger partial charge in [0, 0.05) is 26.1 Å². The molecule has 0 spiro atoms. The van der Waals surface area contributed by atoms with E-state index in [1.165, 1.54) is 21.8 Å². The van der Waals surface area contributed by atoms with Gasteiger partial charge < -0.3 is 14.7 Å². The van der Waals surface area contributed by atoms with Gasteiger partial charge in [0.25, 0.3) is 0 Å². The summed E-state index contributed by atoms with van der Waals surface area (Å²) in [7, 11) is 0. The zero-order valence-electron chi connectivity index (χ0n) is 19.0. The predicted octanol–water partition coefficient (Wildman–Crippen LogP) is 5.41. The molecule has 2 aromatic carbocycles. The maximum atomic E-state index is 11.1. The second-order valence-electron chi connectivity index (χ2n) is 8.16. The highest BCUT2D eigenvalue weighted by Gasteiger charge is 2.23. The van der Waals surface area contributed by atoms with E-state index in [4.69, 9.17) is 16.4 Å². The number of aliphatic carboxylic acids is 1. The van der Waals surface area contributed by atoms with Crippen molar-refractivity contribution in [1.82, 2.24) is 9.88 Å². The number of nitrogens with zero attached hydrogens (tertiary/aromatic N) is 3. The maximum Gasteiger partial charge on any atom is 0.329 e. The van der Waals surface area contributed by atoms with E-state index < -0.39 is 5.97 Å². The minimum absolute atomic E-state index is 0.0180. The molecule has 3 aromatic rings. The fourth-order valence-corrected chi connectivity index (χ4v) is 4.99. The zero-order valence-corrected chi connectivity index (χ0v) is 19.8. The Hall–Kier alpha value is -3.65. The summed E-state index contributed by atoms with van der Waals surface area (Å²) in [5, 5.41) is 9.65. The van der Waals surface area contributed by atoms with Crippen LogP contribution < -0.4 is 4.74 Å². The Morgan fingerprint density at radius 3 is 2.82 bits per heavy atom. The van der Waals surface area contributed by atoms with Crippen molar-refractivity contribution in [1.29, 1.82) is 0 Å². The van der Waals surface area contributed by atoms with Crippen molar-refractivity contribution < 1.29 is 14.6 Å². The highest BCUT2D eigenvalue weighted by molar-refractivity contribution is 7.15. The van der Waals surface area contributed by atoms with Gasteiger partial charge in [-0.3, -0.25) is 9.69 Å². The molecule has 0 unspecified atom stereocenters. The molecule has 7 heteroatoms. The molecule has 0 bridgehead atoms. The first kappa shape index (κ1) is 23.5. The largest absolute Gasteiger partial charge is 0.489 e. The molecule has 0 amide bonds. The number of fused-ring (bicyclic) bond motifs is 1. The third-order valence-electron chi connectivity index (χ3n) is 5.68. The monoisotopic (exact) mass is 471 g/mol. The molecule has 0 saturated carbocycles.